The number of ether oxygens (including phenoxy) is 2. The summed E-state index contributed by atoms with van der Waals surface area (Å²) in [4.78, 5) is 13.7. The summed E-state index contributed by atoms with van der Waals surface area (Å²) in [6.07, 6.45) is 1.56. The van der Waals surface area contributed by atoms with E-state index in [1.54, 1.807) is 12.1 Å². The van der Waals surface area contributed by atoms with Gasteiger partial charge in [0.1, 0.15) is 23.6 Å². The van der Waals surface area contributed by atoms with E-state index in [0.717, 1.165) is 71.6 Å². The molecule has 1 heterocycles. The molecule has 9 heteroatoms. The first-order chi connectivity index (χ1) is 20.1. The molecule has 0 radical (unpaired) electrons. The van der Waals surface area contributed by atoms with Crippen LogP contribution in [0, 0.1) is 13.8 Å². The molecule has 0 aromatic heterocycles. The number of rotatable bonds is 14. The molecule has 1 fully saturated rings. The van der Waals surface area contributed by atoms with Crippen LogP contribution < -0.4 is 14.8 Å². The molecular weight excluding hydrogens is 556 g/mol. The predicted octanol–water partition coefficient (Wildman–Crippen LogP) is 4.96. The number of hydrogen-bond acceptors (Lipinski definition) is 7. The Morgan fingerprint density at radius 3 is 2.48 bits per heavy atom. The van der Waals surface area contributed by atoms with E-state index in [9.17, 15) is 20.1 Å². The molecule has 4 N–H and O–H groups in total. The van der Waals surface area contributed by atoms with Crippen LogP contribution in [-0.2, 0) is 17.9 Å². The summed E-state index contributed by atoms with van der Waals surface area (Å²) in [5, 5.41) is 31.8. The van der Waals surface area contributed by atoms with Gasteiger partial charge >= 0.3 is 5.97 Å². The number of aliphatic hydroxyl groups is 2. The Morgan fingerprint density at radius 2 is 1.81 bits per heavy atom. The molecule has 3 aromatic carbocycles. The van der Waals surface area contributed by atoms with Gasteiger partial charge in [-0.2, -0.15) is 0 Å². The van der Waals surface area contributed by atoms with Gasteiger partial charge in [0.2, 0.25) is 0 Å². The summed E-state index contributed by atoms with van der Waals surface area (Å²) in [6.45, 7) is 8.88. The summed E-state index contributed by atoms with van der Waals surface area (Å²) >= 11 is 6.50. The monoisotopic (exact) mass is 596 g/mol. The number of carboxylic acids is 1. The average molecular weight is 597 g/mol. The highest BCUT2D eigenvalue weighted by Gasteiger charge is 2.31. The van der Waals surface area contributed by atoms with Crippen LogP contribution in [0.5, 0.6) is 11.5 Å². The number of benzene rings is 3. The molecule has 226 valence electrons. The number of aliphatic hydroxyl groups excluding tert-OH is 2. The lowest BCUT2D eigenvalue weighted by atomic mass is 9.93. The number of aliphatic carboxylic acids is 1. The molecule has 0 amide bonds. The van der Waals surface area contributed by atoms with Gasteiger partial charge in [0.15, 0.2) is 0 Å². The lowest BCUT2D eigenvalue weighted by Gasteiger charge is -2.23. The van der Waals surface area contributed by atoms with E-state index < -0.39 is 18.1 Å². The second-order valence-corrected chi connectivity index (χ2v) is 11.6. The van der Waals surface area contributed by atoms with Crippen LogP contribution >= 0.6 is 11.6 Å². The standard InChI is InChI=1S/C33H41ClN2O6/c1-22-25(20-42-31-12-11-24(17-29(31)34)18-35-33(3,21-37)32(39)40)7-4-8-27(22)28-9-5-10-30(23(28)2)41-16-6-14-36-15-13-26(38)19-36/h4-5,7-12,17,26,35,37-38H,6,13-16,18-21H2,1-3H3,(H,39,40). The van der Waals surface area contributed by atoms with Gasteiger partial charge in [0.25, 0.3) is 0 Å². The van der Waals surface area contributed by atoms with E-state index in [4.69, 9.17) is 21.1 Å². The molecule has 3 aromatic rings. The van der Waals surface area contributed by atoms with Gasteiger partial charge in [-0.3, -0.25) is 10.1 Å². The SMILES string of the molecule is Cc1c(COc2ccc(CNC(C)(CO)C(=O)O)cc2Cl)cccc1-c1cccc(OCCCN2CCC(O)C2)c1C. The van der Waals surface area contributed by atoms with Crippen molar-refractivity contribution in [3.63, 3.8) is 0 Å². The number of nitrogens with zero attached hydrogens (tertiary/aromatic N) is 1. The number of likely N-dealkylation sites (tertiary alicyclic amines) is 1. The van der Waals surface area contributed by atoms with E-state index in [2.05, 4.69) is 36.2 Å². The smallest absolute Gasteiger partial charge is 0.326 e. The first kappa shape index (κ1) is 31.8. The number of nitrogens with one attached hydrogen (secondary N) is 1. The number of carbonyl (C=O) groups is 1. The maximum absolute atomic E-state index is 11.4. The van der Waals surface area contributed by atoms with Gasteiger partial charge in [0, 0.05) is 26.2 Å². The van der Waals surface area contributed by atoms with Crippen molar-refractivity contribution in [2.24, 2.45) is 0 Å². The Bertz CT molecular complexity index is 1380. The highest BCUT2D eigenvalue weighted by Crippen LogP contribution is 2.34. The average Bonchev–Trinajstić information content (AvgIpc) is 3.39. The Balaban J connectivity index is 1.38. The molecule has 1 aliphatic heterocycles. The molecule has 42 heavy (non-hydrogen) atoms. The molecule has 2 atom stereocenters. The zero-order valence-electron chi connectivity index (χ0n) is 24.5. The minimum atomic E-state index is -1.44. The highest BCUT2D eigenvalue weighted by molar-refractivity contribution is 6.32. The second kappa shape index (κ2) is 14.4. The fourth-order valence-corrected chi connectivity index (χ4v) is 5.36. The van der Waals surface area contributed by atoms with Crippen LogP contribution in [0.3, 0.4) is 0 Å². The number of halogens is 1. The maximum Gasteiger partial charge on any atom is 0.326 e. The van der Waals surface area contributed by atoms with E-state index >= 15 is 0 Å². The van der Waals surface area contributed by atoms with Crippen LogP contribution in [0.2, 0.25) is 5.02 Å². The van der Waals surface area contributed by atoms with Crippen molar-refractivity contribution in [2.45, 2.75) is 58.4 Å². The lowest BCUT2D eigenvalue weighted by Crippen LogP contribution is -2.52. The fraction of sp³-hybridized carbons (Fsp3) is 0.424. The second-order valence-electron chi connectivity index (χ2n) is 11.2. The van der Waals surface area contributed by atoms with Crippen LogP contribution in [0.15, 0.2) is 54.6 Å². The summed E-state index contributed by atoms with van der Waals surface area (Å²) in [6, 6.07) is 17.6. The third kappa shape index (κ3) is 7.82. The van der Waals surface area contributed by atoms with E-state index in [0.29, 0.717) is 24.0 Å². The third-order valence-electron chi connectivity index (χ3n) is 7.99. The zero-order chi connectivity index (χ0) is 30.3. The Hall–Kier alpha value is -3.14. The first-order valence-corrected chi connectivity index (χ1v) is 14.7. The van der Waals surface area contributed by atoms with Crippen molar-refractivity contribution in [1.82, 2.24) is 10.2 Å². The largest absolute Gasteiger partial charge is 0.493 e. The normalized spacial score (nSPS) is 16.8. The molecule has 0 saturated carbocycles. The number of carboxylic acid groups (broad SMARTS) is 1. The van der Waals surface area contributed by atoms with E-state index in [-0.39, 0.29) is 12.6 Å². The zero-order valence-corrected chi connectivity index (χ0v) is 25.3. The van der Waals surface area contributed by atoms with Crippen molar-refractivity contribution in [3.8, 4) is 22.6 Å². The minimum absolute atomic E-state index is 0.198. The van der Waals surface area contributed by atoms with Gasteiger partial charge in [-0.05, 0) is 85.2 Å². The first-order valence-electron chi connectivity index (χ1n) is 14.3. The quantitative estimate of drug-likeness (QED) is 0.193. The van der Waals surface area contributed by atoms with Crippen LogP contribution in [0.4, 0.5) is 0 Å². The lowest BCUT2D eigenvalue weighted by molar-refractivity contribution is -0.145. The van der Waals surface area contributed by atoms with Gasteiger partial charge in [-0.25, -0.2) is 0 Å². The Morgan fingerprint density at radius 1 is 1.07 bits per heavy atom. The maximum atomic E-state index is 11.4. The predicted molar refractivity (Wildman–Crippen MR) is 164 cm³/mol. The topological polar surface area (TPSA) is 111 Å². The van der Waals surface area contributed by atoms with Crippen LogP contribution in [0.25, 0.3) is 11.1 Å². The van der Waals surface area contributed by atoms with Crippen LogP contribution in [-0.4, -0.2) is 70.7 Å². The van der Waals surface area contributed by atoms with Gasteiger partial charge < -0.3 is 29.7 Å². The van der Waals surface area contributed by atoms with E-state index in [1.165, 1.54) is 6.92 Å². The molecule has 0 spiro atoms. The van der Waals surface area contributed by atoms with E-state index in [1.807, 2.05) is 30.3 Å². The van der Waals surface area contributed by atoms with Crippen molar-refractivity contribution < 1.29 is 29.6 Å². The molecule has 2 unspecified atom stereocenters. The summed E-state index contributed by atoms with van der Waals surface area (Å²) in [5.41, 5.74) is 4.80. The summed E-state index contributed by atoms with van der Waals surface area (Å²) < 4.78 is 12.3. The number of hydrogen-bond donors (Lipinski definition) is 4. The summed E-state index contributed by atoms with van der Waals surface area (Å²) in [5.74, 6) is 0.278. The molecule has 1 saturated heterocycles. The molecule has 1 aliphatic rings. The van der Waals surface area contributed by atoms with Gasteiger partial charge in [-0.15, -0.1) is 0 Å². The molecule has 0 bridgehead atoms. The Kier molecular flexibility index (Phi) is 10.9. The van der Waals surface area contributed by atoms with Gasteiger partial charge in [0.05, 0.1) is 24.3 Å². The molecule has 4 rings (SSSR count). The Labute approximate surface area is 252 Å². The van der Waals surface area contributed by atoms with Gasteiger partial charge in [-0.1, -0.05) is 48.0 Å². The minimum Gasteiger partial charge on any atom is -0.493 e. The fourth-order valence-electron chi connectivity index (χ4n) is 5.10. The van der Waals surface area contributed by atoms with Crippen LogP contribution in [0.1, 0.15) is 42.0 Å². The molecule has 0 aliphatic carbocycles. The third-order valence-corrected chi connectivity index (χ3v) is 8.29. The molecule has 8 nitrogen and oxygen atoms in total. The van der Waals surface area contributed by atoms with Crippen molar-refractivity contribution in [1.29, 1.82) is 0 Å². The van der Waals surface area contributed by atoms with Crippen molar-refractivity contribution in [3.05, 3.63) is 81.9 Å². The van der Waals surface area contributed by atoms with Crippen molar-refractivity contribution >= 4 is 17.6 Å². The summed E-state index contributed by atoms with van der Waals surface area (Å²) in [7, 11) is 0. The molecular formula is C33H41ClN2O6. The highest BCUT2D eigenvalue weighted by atomic mass is 35.5. The number of β-amino-alcohol motifs (C(OH)–C–C–N with tert-alkyl or cyclic N) is 1. The van der Waals surface area contributed by atoms with Crippen molar-refractivity contribution in [2.75, 3.05) is 32.8 Å².